The van der Waals surface area contributed by atoms with Crippen molar-refractivity contribution in [1.29, 1.82) is 0 Å². The Hall–Kier alpha value is -1.47. The third kappa shape index (κ3) is 2.05. The molecule has 0 aliphatic rings. The normalized spacial score (nSPS) is 10.3. The highest BCUT2D eigenvalue weighted by molar-refractivity contribution is 9.11. The summed E-state index contributed by atoms with van der Waals surface area (Å²) in [5, 5.41) is 0. The van der Waals surface area contributed by atoms with Crippen LogP contribution >= 0.6 is 27.3 Å². The van der Waals surface area contributed by atoms with Gasteiger partial charge in [-0.2, -0.15) is 0 Å². The zero-order valence-corrected chi connectivity index (χ0v) is 10.4. The van der Waals surface area contributed by atoms with Gasteiger partial charge in [0.2, 0.25) is 0 Å². The predicted octanol–water partition coefficient (Wildman–Crippen LogP) is 1.65. The minimum Gasteiger partial charge on any atom is -0.383 e. The highest BCUT2D eigenvalue weighted by atomic mass is 79.9. The minimum atomic E-state index is -0.628. The lowest BCUT2D eigenvalue weighted by atomic mass is 10.3. The number of aromatic nitrogens is 2. The van der Waals surface area contributed by atoms with Crippen molar-refractivity contribution < 1.29 is 4.79 Å². The first kappa shape index (κ1) is 11.0. The van der Waals surface area contributed by atoms with Crippen molar-refractivity contribution in [2.24, 2.45) is 5.73 Å². The van der Waals surface area contributed by atoms with E-state index in [4.69, 9.17) is 11.5 Å². The number of rotatable bonds is 2. The van der Waals surface area contributed by atoms with E-state index >= 15 is 0 Å². The van der Waals surface area contributed by atoms with Crippen LogP contribution in [-0.2, 0) is 0 Å². The van der Waals surface area contributed by atoms with Gasteiger partial charge in [-0.25, -0.2) is 9.97 Å². The number of halogens is 1. The molecule has 0 radical (unpaired) electrons. The molecule has 0 saturated heterocycles. The standard InChI is InChI=1S/C9H7BrN4OS/c10-6-2-1-5(16-6)9-13-3-4(8(12)15)7(11)14-9/h1-3H,(H2,12,15)(H2,11,13,14). The van der Waals surface area contributed by atoms with Gasteiger partial charge in [-0.3, -0.25) is 4.79 Å². The second-order valence-corrected chi connectivity index (χ2v) is 5.42. The molecule has 2 aromatic heterocycles. The van der Waals surface area contributed by atoms with E-state index < -0.39 is 5.91 Å². The van der Waals surface area contributed by atoms with Crippen LogP contribution in [0.25, 0.3) is 10.7 Å². The maximum Gasteiger partial charge on any atom is 0.254 e. The molecule has 2 rings (SSSR count). The average Bonchev–Trinajstić information content (AvgIpc) is 2.64. The summed E-state index contributed by atoms with van der Waals surface area (Å²) in [5.41, 5.74) is 10.8. The molecule has 0 spiro atoms. The third-order valence-corrected chi connectivity index (χ3v) is 3.50. The van der Waals surface area contributed by atoms with Gasteiger partial charge >= 0.3 is 0 Å². The molecule has 0 unspecified atom stereocenters. The number of hydrogen-bond acceptors (Lipinski definition) is 5. The van der Waals surface area contributed by atoms with Crippen molar-refractivity contribution in [3.63, 3.8) is 0 Å². The van der Waals surface area contributed by atoms with Crippen molar-refractivity contribution in [2.75, 3.05) is 5.73 Å². The number of anilines is 1. The molecular formula is C9H7BrN4OS. The van der Waals surface area contributed by atoms with Gasteiger partial charge in [0.15, 0.2) is 5.82 Å². The van der Waals surface area contributed by atoms with Crippen LogP contribution in [0.3, 0.4) is 0 Å². The molecule has 16 heavy (non-hydrogen) atoms. The largest absolute Gasteiger partial charge is 0.383 e. The lowest BCUT2D eigenvalue weighted by Gasteiger charge is -2.01. The van der Waals surface area contributed by atoms with Crippen LogP contribution in [0.15, 0.2) is 22.1 Å². The van der Waals surface area contributed by atoms with Crippen molar-refractivity contribution >= 4 is 39.0 Å². The topological polar surface area (TPSA) is 94.9 Å². The van der Waals surface area contributed by atoms with E-state index in [-0.39, 0.29) is 11.4 Å². The Morgan fingerprint density at radius 1 is 1.44 bits per heavy atom. The summed E-state index contributed by atoms with van der Waals surface area (Å²) in [4.78, 5) is 19.9. The van der Waals surface area contributed by atoms with E-state index in [1.807, 2.05) is 12.1 Å². The Morgan fingerprint density at radius 3 is 2.69 bits per heavy atom. The van der Waals surface area contributed by atoms with Crippen LogP contribution < -0.4 is 11.5 Å². The first-order valence-electron chi connectivity index (χ1n) is 4.26. The zero-order valence-electron chi connectivity index (χ0n) is 7.98. The Balaban J connectivity index is 2.45. The van der Waals surface area contributed by atoms with Gasteiger partial charge in [-0.05, 0) is 28.1 Å². The number of amides is 1. The second kappa shape index (κ2) is 4.18. The monoisotopic (exact) mass is 298 g/mol. The van der Waals surface area contributed by atoms with Gasteiger partial charge in [0.25, 0.3) is 5.91 Å². The molecule has 0 saturated carbocycles. The van der Waals surface area contributed by atoms with Crippen molar-refractivity contribution in [1.82, 2.24) is 9.97 Å². The highest BCUT2D eigenvalue weighted by Gasteiger charge is 2.11. The van der Waals surface area contributed by atoms with Crippen LogP contribution in [0, 0.1) is 0 Å². The SMILES string of the molecule is NC(=O)c1cnc(-c2ccc(Br)s2)nc1N. The fourth-order valence-corrected chi connectivity index (χ4v) is 2.47. The number of carbonyl (C=O) groups excluding carboxylic acids is 1. The Labute approximate surface area is 104 Å². The molecule has 1 amide bonds. The number of nitrogens with two attached hydrogens (primary N) is 2. The van der Waals surface area contributed by atoms with Crippen LogP contribution in [0.4, 0.5) is 5.82 Å². The lowest BCUT2D eigenvalue weighted by molar-refractivity contribution is 0.100. The summed E-state index contributed by atoms with van der Waals surface area (Å²) < 4.78 is 0.976. The molecule has 4 N–H and O–H groups in total. The van der Waals surface area contributed by atoms with E-state index in [2.05, 4.69) is 25.9 Å². The Morgan fingerprint density at radius 2 is 2.19 bits per heavy atom. The van der Waals surface area contributed by atoms with E-state index in [1.165, 1.54) is 17.5 Å². The number of nitrogen functional groups attached to an aromatic ring is 1. The Bertz CT molecular complexity index is 554. The molecule has 2 aromatic rings. The summed E-state index contributed by atoms with van der Waals surface area (Å²) in [6, 6.07) is 3.76. The van der Waals surface area contributed by atoms with Gasteiger partial charge < -0.3 is 11.5 Å². The molecule has 0 aliphatic heterocycles. The quantitative estimate of drug-likeness (QED) is 0.881. The van der Waals surface area contributed by atoms with E-state index in [9.17, 15) is 4.79 Å². The maximum atomic E-state index is 10.9. The van der Waals surface area contributed by atoms with E-state index in [0.717, 1.165) is 8.66 Å². The van der Waals surface area contributed by atoms with Gasteiger partial charge in [0, 0.05) is 6.20 Å². The molecule has 2 heterocycles. The minimum absolute atomic E-state index is 0.0991. The number of primary amides is 1. The number of carbonyl (C=O) groups is 1. The predicted molar refractivity (Wildman–Crippen MR) is 66.0 cm³/mol. The van der Waals surface area contributed by atoms with Gasteiger partial charge in [-0.15, -0.1) is 11.3 Å². The van der Waals surface area contributed by atoms with Crippen molar-refractivity contribution in [3.8, 4) is 10.7 Å². The van der Waals surface area contributed by atoms with E-state index in [1.54, 1.807) is 0 Å². The first-order valence-corrected chi connectivity index (χ1v) is 5.87. The van der Waals surface area contributed by atoms with Gasteiger partial charge in [-0.1, -0.05) is 0 Å². The molecule has 0 atom stereocenters. The fraction of sp³-hybridized carbons (Fsp3) is 0. The van der Waals surface area contributed by atoms with Crippen LogP contribution in [-0.4, -0.2) is 15.9 Å². The number of nitrogens with zero attached hydrogens (tertiary/aromatic N) is 2. The lowest BCUT2D eigenvalue weighted by Crippen LogP contribution is -2.15. The Kier molecular flexibility index (Phi) is 2.88. The van der Waals surface area contributed by atoms with Crippen LogP contribution in [0.5, 0.6) is 0 Å². The van der Waals surface area contributed by atoms with Crippen LogP contribution in [0.2, 0.25) is 0 Å². The summed E-state index contributed by atoms with van der Waals surface area (Å²) >= 11 is 4.83. The molecule has 82 valence electrons. The fourth-order valence-electron chi connectivity index (χ4n) is 1.14. The summed E-state index contributed by atoms with van der Waals surface area (Å²) in [6.45, 7) is 0. The smallest absolute Gasteiger partial charge is 0.254 e. The summed E-state index contributed by atoms with van der Waals surface area (Å²) in [7, 11) is 0. The maximum absolute atomic E-state index is 10.9. The first-order chi connectivity index (χ1) is 7.58. The number of thiophene rings is 1. The molecule has 7 heteroatoms. The molecule has 0 fully saturated rings. The molecule has 0 aliphatic carbocycles. The number of hydrogen-bond donors (Lipinski definition) is 2. The van der Waals surface area contributed by atoms with Crippen LogP contribution in [0.1, 0.15) is 10.4 Å². The zero-order chi connectivity index (χ0) is 11.7. The van der Waals surface area contributed by atoms with Gasteiger partial charge in [0.1, 0.15) is 5.82 Å². The van der Waals surface area contributed by atoms with Gasteiger partial charge in [0.05, 0.1) is 14.2 Å². The van der Waals surface area contributed by atoms with Crippen molar-refractivity contribution in [2.45, 2.75) is 0 Å². The summed E-state index contributed by atoms with van der Waals surface area (Å²) in [5.74, 6) is -0.0448. The average molecular weight is 299 g/mol. The molecule has 0 aromatic carbocycles. The molecule has 0 bridgehead atoms. The molecular weight excluding hydrogens is 292 g/mol. The highest BCUT2D eigenvalue weighted by Crippen LogP contribution is 2.29. The summed E-state index contributed by atoms with van der Waals surface area (Å²) in [6.07, 6.45) is 1.34. The van der Waals surface area contributed by atoms with E-state index in [0.29, 0.717) is 5.82 Å². The third-order valence-electron chi connectivity index (χ3n) is 1.88. The van der Waals surface area contributed by atoms with Crippen molar-refractivity contribution in [3.05, 3.63) is 27.7 Å². The molecule has 5 nitrogen and oxygen atoms in total. The second-order valence-electron chi connectivity index (χ2n) is 2.96.